The van der Waals surface area contributed by atoms with Crippen molar-refractivity contribution < 1.29 is 14.4 Å². The molecule has 0 aliphatic rings. The van der Waals surface area contributed by atoms with Crippen molar-refractivity contribution in [2.75, 3.05) is 5.75 Å². The van der Waals surface area contributed by atoms with Crippen molar-refractivity contribution >= 4 is 29.2 Å². The number of nitrogens with zero attached hydrogens (tertiary/aromatic N) is 1. The average Bonchev–Trinajstić information content (AvgIpc) is 2.74. The third-order valence-electron chi connectivity index (χ3n) is 4.20. The minimum absolute atomic E-state index is 0.189. The predicted octanol–water partition coefficient (Wildman–Crippen LogP) is 6.16. The van der Waals surface area contributed by atoms with Gasteiger partial charge in [-0.2, -0.15) is 0 Å². The molecule has 28 heavy (non-hydrogen) atoms. The highest BCUT2D eigenvalue weighted by molar-refractivity contribution is 7.99. The molecule has 0 unspecified atom stereocenters. The Hall–Kier alpha value is -2.40. The van der Waals surface area contributed by atoms with Gasteiger partial charge in [0.2, 0.25) is 5.78 Å². The standard InChI is InChI=1S/C23H27NO3S/c1-3-5-6-10-13-21(24-27-23(26)19-11-8-7-9-12-19)22(25)18-14-16-20(17-15-18)28-4-2/h7-9,11-12,14-17H,3-6,10,13H2,1-2H3/b24-21-. The zero-order chi connectivity index (χ0) is 20.2. The number of unbranched alkanes of at least 4 members (excludes halogenated alkanes) is 3. The van der Waals surface area contributed by atoms with E-state index in [1.807, 2.05) is 18.2 Å². The molecule has 148 valence electrons. The van der Waals surface area contributed by atoms with Gasteiger partial charge in [0, 0.05) is 10.5 Å². The summed E-state index contributed by atoms with van der Waals surface area (Å²) in [6.07, 6.45) is 4.56. The third-order valence-corrected chi connectivity index (χ3v) is 5.10. The van der Waals surface area contributed by atoms with Crippen LogP contribution >= 0.6 is 11.8 Å². The van der Waals surface area contributed by atoms with Crippen LogP contribution in [0.25, 0.3) is 0 Å². The third kappa shape index (κ3) is 6.97. The Morgan fingerprint density at radius 1 is 0.893 bits per heavy atom. The van der Waals surface area contributed by atoms with Gasteiger partial charge >= 0.3 is 5.97 Å². The predicted molar refractivity (Wildman–Crippen MR) is 115 cm³/mol. The molecular weight excluding hydrogens is 370 g/mol. The molecule has 0 aliphatic heterocycles. The zero-order valence-corrected chi connectivity index (χ0v) is 17.3. The van der Waals surface area contributed by atoms with Gasteiger partial charge in [0.25, 0.3) is 0 Å². The van der Waals surface area contributed by atoms with Gasteiger partial charge in [-0.15, -0.1) is 11.8 Å². The first-order chi connectivity index (χ1) is 13.7. The van der Waals surface area contributed by atoms with Crippen LogP contribution in [-0.4, -0.2) is 23.2 Å². The summed E-state index contributed by atoms with van der Waals surface area (Å²) in [5.74, 6) is 0.229. The number of benzene rings is 2. The number of hydrogen-bond acceptors (Lipinski definition) is 5. The van der Waals surface area contributed by atoms with Crippen molar-refractivity contribution in [1.82, 2.24) is 0 Å². The smallest absolute Gasteiger partial charge is 0.312 e. The van der Waals surface area contributed by atoms with E-state index in [0.29, 0.717) is 17.5 Å². The Kier molecular flexibility index (Phi) is 9.49. The number of ketones is 1. The van der Waals surface area contributed by atoms with E-state index in [1.165, 1.54) is 0 Å². The molecule has 4 nitrogen and oxygen atoms in total. The zero-order valence-electron chi connectivity index (χ0n) is 16.5. The average molecular weight is 398 g/mol. The van der Waals surface area contributed by atoms with Crippen LogP contribution in [-0.2, 0) is 4.84 Å². The maximum absolute atomic E-state index is 12.9. The monoisotopic (exact) mass is 397 g/mol. The molecule has 0 radical (unpaired) electrons. The molecule has 0 bridgehead atoms. The van der Waals surface area contributed by atoms with Gasteiger partial charge < -0.3 is 4.84 Å². The van der Waals surface area contributed by atoms with Gasteiger partial charge in [0.15, 0.2) is 0 Å². The van der Waals surface area contributed by atoms with Gasteiger partial charge in [0.1, 0.15) is 5.71 Å². The Labute approximate surface area is 171 Å². The summed E-state index contributed by atoms with van der Waals surface area (Å²) in [5.41, 5.74) is 1.26. The topological polar surface area (TPSA) is 55.7 Å². The molecule has 0 saturated heterocycles. The lowest BCUT2D eigenvalue weighted by molar-refractivity contribution is 0.0514. The highest BCUT2D eigenvalue weighted by atomic mass is 32.2. The maximum Gasteiger partial charge on any atom is 0.365 e. The summed E-state index contributed by atoms with van der Waals surface area (Å²) in [6, 6.07) is 16.1. The Balaban J connectivity index is 2.12. The van der Waals surface area contributed by atoms with Gasteiger partial charge in [-0.25, -0.2) is 4.79 Å². The minimum Gasteiger partial charge on any atom is -0.312 e. The number of oxime groups is 1. The summed E-state index contributed by atoms with van der Waals surface area (Å²) in [4.78, 5) is 31.3. The summed E-state index contributed by atoms with van der Waals surface area (Å²) >= 11 is 1.72. The van der Waals surface area contributed by atoms with Crippen LogP contribution in [0.5, 0.6) is 0 Å². The van der Waals surface area contributed by atoms with Crippen LogP contribution in [0.3, 0.4) is 0 Å². The molecule has 0 aliphatic carbocycles. The fourth-order valence-electron chi connectivity index (χ4n) is 2.68. The molecule has 0 N–H and O–H groups in total. The fraction of sp³-hybridized carbons (Fsp3) is 0.348. The van der Waals surface area contributed by atoms with Crippen LogP contribution in [0.15, 0.2) is 64.6 Å². The molecule has 2 aromatic rings. The molecule has 0 saturated carbocycles. The first-order valence-corrected chi connectivity index (χ1v) is 10.7. The van der Waals surface area contributed by atoms with E-state index in [0.717, 1.165) is 36.3 Å². The minimum atomic E-state index is -0.561. The molecule has 0 atom stereocenters. The van der Waals surface area contributed by atoms with Crippen LogP contribution in [0.2, 0.25) is 0 Å². The second-order valence-corrected chi connectivity index (χ2v) is 7.72. The van der Waals surface area contributed by atoms with E-state index in [9.17, 15) is 9.59 Å². The van der Waals surface area contributed by atoms with E-state index in [-0.39, 0.29) is 11.5 Å². The highest BCUT2D eigenvalue weighted by Gasteiger charge is 2.16. The molecule has 0 amide bonds. The van der Waals surface area contributed by atoms with Crippen molar-refractivity contribution in [1.29, 1.82) is 0 Å². The quantitative estimate of drug-likeness (QED) is 0.114. The van der Waals surface area contributed by atoms with Gasteiger partial charge in [-0.3, -0.25) is 4.79 Å². The van der Waals surface area contributed by atoms with Crippen LogP contribution < -0.4 is 0 Å². The largest absolute Gasteiger partial charge is 0.365 e. The van der Waals surface area contributed by atoms with Crippen molar-refractivity contribution in [2.45, 2.75) is 50.8 Å². The lowest BCUT2D eigenvalue weighted by Gasteiger charge is -2.07. The van der Waals surface area contributed by atoms with Gasteiger partial charge in [-0.1, -0.05) is 56.5 Å². The van der Waals surface area contributed by atoms with Crippen LogP contribution in [0.1, 0.15) is 66.7 Å². The number of rotatable bonds is 11. The molecule has 2 rings (SSSR count). The first kappa shape index (κ1) is 21.9. The Morgan fingerprint density at radius 2 is 1.61 bits per heavy atom. The van der Waals surface area contributed by atoms with Crippen molar-refractivity contribution in [2.24, 2.45) is 5.16 Å². The molecule has 5 heteroatoms. The SMILES string of the molecule is CCCCCC/C(=N/OC(=O)c1ccccc1)C(=O)c1ccc(SCC)cc1. The first-order valence-electron chi connectivity index (χ1n) is 9.76. The number of carbonyl (C=O) groups is 2. The van der Waals surface area contributed by atoms with Crippen molar-refractivity contribution in [3.8, 4) is 0 Å². The molecular formula is C23H27NO3S. The second-order valence-electron chi connectivity index (χ2n) is 6.38. The van der Waals surface area contributed by atoms with Crippen LogP contribution in [0.4, 0.5) is 0 Å². The summed E-state index contributed by atoms with van der Waals surface area (Å²) < 4.78 is 0. The van der Waals surface area contributed by atoms with Crippen LogP contribution in [0, 0.1) is 0 Å². The van der Waals surface area contributed by atoms with E-state index < -0.39 is 5.97 Å². The Morgan fingerprint density at radius 3 is 2.25 bits per heavy atom. The van der Waals surface area contributed by atoms with Crippen molar-refractivity contribution in [3.63, 3.8) is 0 Å². The summed E-state index contributed by atoms with van der Waals surface area (Å²) in [6.45, 7) is 4.23. The van der Waals surface area contributed by atoms with E-state index in [2.05, 4.69) is 19.0 Å². The number of thioether (sulfide) groups is 1. The Bertz CT molecular complexity index is 785. The lowest BCUT2D eigenvalue weighted by atomic mass is 10.0. The highest BCUT2D eigenvalue weighted by Crippen LogP contribution is 2.19. The van der Waals surface area contributed by atoms with E-state index in [4.69, 9.17) is 4.84 Å². The summed E-state index contributed by atoms with van der Waals surface area (Å²) in [7, 11) is 0. The lowest BCUT2D eigenvalue weighted by Crippen LogP contribution is -2.16. The van der Waals surface area contributed by atoms with Gasteiger partial charge in [-0.05, 0) is 55.0 Å². The normalized spacial score (nSPS) is 11.3. The number of Topliss-reactive ketones (excluding diaryl/α,β-unsaturated/α-hetero) is 1. The van der Waals surface area contributed by atoms with Gasteiger partial charge in [0.05, 0.1) is 5.56 Å². The fourth-order valence-corrected chi connectivity index (χ4v) is 3.34. The number of carbonyl (C=O) groups excluding carboxylic acids is 2. The molecule has 0 heterocycles. The van der Waals surface area contributed by atoms with Crippen molar-refractivity contribution in [3.05, 3.63) is 65.7 Å². The molecule has 0 fully saturated rings. The maximum atomic E-state index is 12.9. The van der Waals surface area contributed by atoms with E-state index >= 15 is 0 Å². The molecule has 2 aromatic carbocycles. The number of hydrogen-bond donors (Lipinski definition) is 0. The summed E-state index contributed by atoms with van der Waals surface area (Å²) in [5, 5.41) is 3.95. The second kappa shape index (κ2) is 12.1. The molecule has 0 aromatic heterocycles. The molecule has 0 spiro atoms. The van der Waals surface area contributed by atoms with E-state index in [1.54, 1.807) is 48.2 Å².